The number of carbonyl (C=O) groups excluding carboxylic acids is 1. The van der Waals surface area contributed by atoms with E-state index < -0.39 is 5.97 Å². The molecule has 8 nitrogen and oxygen atoms in total. The second kappa shape index (κ2) is 5.71. The van der Waals surface area contributed by atoms with Gasteiger partial charge in [0.15, 0.2) is 0 Å². The summed E-state index contributed by atoms with van der Waals surface area (Å²) in [4.78, 5) is 22.4. The van der Waals surface area contributed by atoms with Crippen molar-refractivity contribution in [3.05, 3.63) is 11.9 Å². The zero-order chi connectivity index (χ0) is 14.8. The van der Waals surface area contributed by atoms with Gasteiger partial charge in [0, 0.05) is 6.04 Å². The first-order valence-corrected chi connectivity index (χ1v) is 7.25. The summed E-state index contributed by atoms with van der Waals surface area (Å²) in [5, 5.41) is 21.9. The molecule has 0 aromatic carbocycles. The number of hydrogen-bond acceptors (Lipinski definition) is 4. The van der Waals surface area contributed by atoms with Gasteiger partial charge in [-0.05, 0) is 31.1 Å². The van der Waals surface area contributed by atoms with Crippen molar-refractivity contribution >= 4 is 12.0 Å². The minimum absolute atomic E-state index is 0.194. The lowest BCUT2D eigenvalue weighted by Gasteiger charge is -2.22. The molecule has 1 aromatic heterocycles. The van der Waals surface area contributed by atoms with Gasteiger partial charge in [-0.3, -0.25) is 4.79 Å². The molecule has 2 bridgehead atoms. The molecule has 1 heterocycles. The molecule has 0 spiro atoms. The molecule has 2 saturated carbocycles. The normalized spacial score (nSPS) is 26.8. The van der Waals surface area contributed by atoms with Gasteiger partial charge in [0.05, 0.1) is 12.7 Å². The number of aromatic nitrogens is 3. The Morgan fingerprint density at radius 2 is 2.24 bits per heavy atom. The first-order valence-electron chi connectivity index (χ1n) is 7.25. The van der Waals surface area contributed by atoms with E-state index in [1.54, 1.807) is 0 Å². The lowest BCUT2D eigenvalue weighted by Crippen LogP contribution is -2.44. The van der Waals surface area contributed by atoms with Gasteiger partial charge < -0.3 is 15.7 Å². The van der Waals surface area contributed by atoms with Crippen LogP contribution in [0.1, 0.15) is 31.4 Å². The molecule has 2 amide bonds. The fraction of sp³-hybridized carbons (Fsp3) is 0.692. The molecule has 3 atom stereocenters. The SMILES string of the molecule is O=C(O)Cn1cc(CNC(=O)NC2CC3CCC2C3)nn1. The maximum Gasteiger partial charge on any atom is 0.325 e. The molecule has 8 heteroatoms. The van der Waals surface area contributed by atoms with Crippen molar-refractivity contribution in [2.75, 3.05) is 0 Å². The van der Waals surface area contributed by atoms with Crippen molar-refractivity contribution in [2.24, 2.45) is 11.8 Å². The Morgan fingerprint density at radius 1 is 1.38 bits per heavy atom. The molecule has 3 N–H and O–H groups in total. The molecule has 114 valence electrons. The van der Waals surface area contributed by atoms with Gasteiger partial charge in [-0.2, -0.15) is 0 Å². The largest absolute Gasteiger partial charge is 0.480 e. The number of rotatable bonds is 5. The molecular formula is C13H19N5O3. The number of aliphatic carboxylic acids is 1. The summed E-state index contributed by atoms with van der Waals surface area (Å²) in [6.45, 7) is 0.0105. The molecule has 1 aromatic rings. The van der Waals surface area contributed by atoms with E-state index in [-0.39, 0.29) is 19.1 Å². The van der Waals surface area contributed by atoms with Gasteiger partial charge in [-0.15, -0.1) is 5.10 Å². The van der Waals surface area contributed by atoms with Gasteiger partial charge in [0.2, 0.25) is 0 Å². The minimum atomic E-state index is -0.978. The first kappa shape index (κ1) is 13.8. The molecule has 0 radical (unpaired) electrons. The molecular weight excluding hydrogens is 274 g/mol. The van der Waals surface area contributed by atoms with Crippen molar-refractivity contribution in [1.29, 1.82) is 0 Å². The third kappa shape index (κ3) is 3.32. The van der Waals surface area contributed by atoms with Crippen LogP contribution in [0.5, 0.6) is 0 Å². The van der Waals surface area contributed by atoms with Crippen molar-refractivity contribution in [1.82, 2.24) is 25.6 Å². The number of fused-ring (bicyclic) bond motifs is 2. The molecule has 0 saturated heterocycles. The highest BCUT2D eigenvalue weighted by Gasteiger charge is 2.40. The Balaban J connectivity index is 1.43. The van der Waals surface area contributed by atoms with E-state index in [1.165, 1.54) is 30.1 Å². The lowest BCUT2D eigenvalue weighted by atomic mass is 9.95. The van der Waals surface area contributed by atoms with E-state index in [2.05, 4.69) is 20.9 Å². The summed E-state index contributed by atoms with van der Waals surface area (Å²) in [5.41, 5.74) is 0.541. The van der Waals surface area contributed by atoms with E-state index in [9.17, 15) is 9.59 Å². The van der Waals surface area contributed by atoms with Crippen LogP contribution in [0.25, 0.3) is 0 Å². The minimum Gasteiger partial charge on any atom is -0.480 e. The van der Waals surface area contributed by atoms with Crippen molar-refractivity contribution in [3.8, 4) is 0 Å². The van der Waals surface area contributed by atoms with Gasteiger partial charge >= 0.3 is 12.0 Å². The number of urea groups is 1. The van der Waals surface area contributed by atoms with Crippen molar-refractivity contribution in [3.63, 3.8) is 0 Å². The smallest absolute Gasteiger partial charge is 0.325 e. The summed E-state index contributed by atoms with van der Waals surface area (Å²) in [6.07, 6.45) is 6.38. The number of carboxylic acids is 1. The Kier molecular flexibility index (Phi) is 3.76. The number of carboxylic acid groups (broad SMARTS) is 1. The average Bonchev–Trinajstić information content (AvgIpc) is 3.12. The number of carbonyl (C=O) groups is 2. The summed E-state index contributed by atoms with van der Waals surface area (Å²) in [7, 11) is 0. The molecule has 2 aliphatic carbocycles. The van der Waals surface area contributed by atoms with E-state index >= 15 is 0 Å². The predicted molar refractivity (Wildman–Crippen MR) is 72.3 cm³/mol. The van der Waals surface area contributed by atoms with Gasteiger partial charge in [-0.1, -0.05) is 11.6 Å². The van der Waals surface area contributed by atoms with Crippen LogP contribution in [-0.2, 0) is 17.9 Å². The highest BCUT2D eigenvalue weighted by atomic mass is 16.4. The van der Waals surface area contributed by atoms with E-state index in [4.69, 9.17) is 5.11 Å². The molecule has 3 rings (SSSR count). The Hall–Kier alpha value is -2.12. The van der Waals surface area contributed by atoms with Gasteiger partial charge in [-0.25, -0.2) is 9.48 Å². The van der Waals surface area contributed by atoms with Crippen LogP contribution in [0.3, 0.4) is 0 Å². The van der Waals surface area contributed by atoms with Crippen LogP contribution in [0.15, 0.2) is 6.20 Å². The molecule has 2 aliphatic rings. The van der Waals surface area contributed by atoms with Crippen LogP contribution < -0.4 is 10.6 Å². The topological polar surface area (TPSA) is 109 Å². The summed E-state index contributed by atoms with van der Waals surface area (Å²) in [6, 6.07) is 0.103. The van der Waals surface area contributed by atoms with Crippen LogP contribution in [0, 0.1) is 11.8 Å². The fourth-order valence-corrected chi connectivity index (χ4v) is 3.45. The average molecular weight is 293 g/mol. The Bertz CT molecular complexity index is 544. The Morgan fingerprint density at radius 3 is 2.90 bits per heavy atom. The standard InChI is InChI=1S/C13H19N5O3/c19-12(20)7-18-6-10(16-17-18)5-14-13(21)15-11-4-8-1-2-9(11)3-8/h6,8-9,11H,1-5,7H2,(H,19,20)(H2,14,15,21). The van der Waals surface area contributed by atoms with Gasteiger partial charge in [0.1, 0.15) is 12.2 Å². The monoisotopic (exact) mass is 293 g/mol. The highest BCUT2D eigenvalue weighted by molar-refractivity contribution is 5.74. The highest BCUT2D eigenvalue weighted by Crippen LogP contribution is 2.44. The summed E-state index contributed by atoms with van der Waals surface area (Å²) >= 11 is 0. The van der Waals surface area contributed by atoms with Crippen LogP contribution in [-0.4, -0.2) is 38.1 Å². The number of nitrogens with zero attached hydrogens (tertiary/aromatic N) is 3. The van der Waals surface area contributed by atoms with E-state index in [0.717, 1.165) is 12.3 Å². The van der Waals surface area contributed by atoms with Gasteiger partial charge in [0.25, 0.3) is 0 Å². The molecule has 21 heavy (non-hydrogen) atoms. The molecule has 0 aliphatic heterocycles. The Labute approximate surface area is 121 Å². The van der Waals surface area contributed by atoms with Crippen LogP contribution in [0.4, 0.5) is 4.79 Å². The van der Waals surface area contributed by atoms with Crippen LogP contribution >= 0.6 is 0 Å². The maximum absolute atomic E-state index is 11.9. The maximum atomic E-state index is 11.9. The third-order valence-electron chi connectivity index (χ3n) is 4.37. The fourth-order valence-electron chi connectivity index (χ4n) is 3.45. The number of amides is 2. The van der Waals surface area contributed by atoms with E-state index in [0.29, 0.717) is 17.7 Å². The predicted octanol–water partition coefficient (Wildman–Crippen LogP) is 0.350. The third-order valence-corrected chi connectivity index (χ3v) is 4.37. The lowest BCUT2D eigenvalue weighted by molar-refractivity contribution is -0.137. The number of hydrogen-bond donors (Lipinski definition) is 3. The van der Waals surface area contributed by atoms with Crippen molar-refractivity contribution in [2.45, 2.75) is 44.8 Å². The zero-order valence-corrected chi connectivity index (χ0v) is 11.7. The van der Waals surface area contributed by atoms with E-state index in [1.807, 2.05) is 0 Å². The first-order chi connectivity index (χ1) is 10.1. The summed E-state index contributed by atoms with van der Waals surface area (Å²) < 4.78 is 1.23. The second-order valence-corrected chi connectivity index (χ2v) is 5.91. The van der Waals surface area contributed by atoms with Crippen LogP contribution in [0.2, 0.25) is 0 Å². The number of nitrogens with one attached hydrogen (secondary N) is 2. The van der Waals surface area contributed by atoms with Crippen molar-refractivity contribution < 1.29 is 14.7 Å². The molecule has 3 unspecified atom stereocenters. The molecule has 2 fully saturated rings. The summed E-state index contributed by atoms with van der Waals surface area (Å²) in [5.74, 6) is 0.446. The second-order valence-electron chi connectivity index (χ2n) is 5.91. The quantitative estimate of drug-likeness (QED) is 0.726. The zero-order valence-electron chi connectivity index (χ0n) is 11.7.